The van der Waals surface area contributed by atoms with Crippen LogP contribution in [0, 0.1) is 5.82 Å². The smallest absolute Gasteiger partial charge is 0.236 e. The van der Waals surface area contributed by atoms with E-state index in [1.54, 1.807) is 0 Å². The summed E-state index contributed by atoms with van der Waals surface area (Å²) in [5, 5.41) is 8.86. The van der Waals surface area contributed by atoms with Crippen LogP contribution in [-0.2, 0) is 14.8 Å². The van der Waals surface area contributed by atoms with Crippen LogP contribution in [0.3, 0.4) is 0 Å². The molecule has 0 saturated carbocycles. The second-order valence-corrected chi connectivity index (χ2v) is 6.08. The second kappa shape index (κ2) is 4.65. The van der Waals surface area contributed by atoms with Gasteiger partial charge in [0.15, 0.2) is 11.5 Å². The summed E-state index contributed by atoms with van der Waals surface area (Å²) in [6.07, 6.45) is 0. The van der Waals surface area contributed by atoms with Crippen LogP contribution in [0.1, 0.15) is 5.56 Å². The molecule has 0 atom stereocenters. The number of aromatic hydroxyl groups is 1. The van der Waals surface area contributed by atoms with E-state index in [0.717, 1.165) is 13.2 Å². The van der Waals surface area contributed by atoms with Crippen molar-refractivity contribution in [3.8, 4) is 11.5 Å². The molecular weight excluding hydrogens is 282 g/mol. The topological polar surface area (TPSA) is 63.6 Å². The summed E-state index contributed by atoms with van der Waals surface area (Å²) in [5.74, 6) is -2.96. The highest BCUT2D eigenvalue weighted by molar-refractivity contribution is 8.13. The first-order valence-electron chi connectivity index (χ1n) is 3.92. The van der Waals surface area contributed by atoms with Gasteiger partial charge in [0.1, 0.15) is 0 Å². The molecule has 0 aliphatic carbocycles. The number of phenolic OH excluding ortho intramolecular Hbond substituents is 1. The molecular formula is C8H7Cl2FO4S. The molecule has 0 aliphatic heterocycles. The van der Waals surface area contributed by atoms with Crippen molar-refractivity contribution in [3.63, 3.8) is 0 Å². The number of hydrogen-bond acceptors (Lipinski definition) is 4. The van der Waals surface area contributed by atoms with Gasteiger partial charge in [-0.2, -0.15) is 4.39 Å². The summed E-state index contributed by atoms with van der Waals surface area (Å²) in [4.78, 5) is 0. The van der Waals surface area contributed by atoms with Crippen molar-refractivity contribution in [2.45, 2.75) is 5.75 Å². The van der Waals surface area contributed by atoms with Crippen molar-refractivity contribution in [3.05, 3.63) is 22.5 Å². The molecule has 0 fully saturated rings. The number of ether oxygens (including phenoxy) is 1. The lowest BCUT2D eigenvalue weighted by molar-refractivity contribution is 0.361. The predicted molar refractivity (Wildman–Crippen MR) is 58.1 cm³/mol. The molecule has 0 saturated heterocycles. The van der Waals surface area contributed by atoms with Crippen LogP contribution in [0.25, 0.3) is 0 Å². The molecule has 8 heteroatoms. The minimum absolute atomic E-state index is 0.0576. The van der Waals surface area contributed by atoms with E-state index in [2.05, 4.69) is 4.74 Å². The predicted octanol–water partition coefficient (Wildman–Crippen LogP) is 2.26. The van der Waals surface area contributed by atoms with Crippen LogP contribution in [0.15, 0.2) is 6.07 Å². The summed E-state index contributed by atoms with van der Waals surface area (Å²) >= 11 is 5.49. The first kappa shape index (κ1) is 13.3. The molecule has 0 spiro atoms. The average molecular weight is 289 g/mol. The van der Waals surface area contributed by atoms with Gasteiger partial charge in [-0.25, -0.2) is 8.42 Å². The summed E-state index contributed by atoms with van der Waals surface area (Å²) in [5.41, 5.74) is -0.0576. The monoisotopic (exact) mass is 288 g/mol. The molecule has 0 bridgehead atoms. The molecule has 4 nitrogen and oxygen atoms in total. The van der Waals surface area contributed by atoms with Crippen molar-refractivity contribution in [1.82, 2.24) is 0 Å². The molecule has 0 heterocycles. The fourth-order valence-corrected chi connectivity index (χ4v) is 2.31. The van der Waals surface area contributed by atoms with Crippen molar-refractivity contribution in [2.75, 3.05) is 7.11 Å². The van der Waals surface area contributed by atoms with E-state index >= 15 is 0 Å². The molecule has 0 radical (unpaired) electrons. The second-order valence-electron chi connectivity index (χ2n) is 2.90. The highest BCUT2D eigenvalue weighted by Gasteiger charge is 2.20. The third kappa shape index (κ3) is 2.90. The molecule has 1 N–H and O–H groups in total. The van der Waals surface area contributed by atoms with E-state index in [1.165, 1.54) is 0 Å². The lowest BCUT2D eigenvalue weighted by Crippen LogP contribution is -2.01. The number of hydrogen-bond donors (Lipinski definition) is 1. The summed E-state index contributed by atoms with van der Waals surface area (Å²) < 4.78 is 39.8. The maximum atomic E-state index is 13.4. The maximum absolute atomic E-state index is 13.4. The Bertz CT molecular complexity index is 515. The van der Waals surface area contributed by atoms with Gasteiger partial charge in [-0.3, -0.25) is 0 Å². The molecule has 0 aromatic heterocycles. The fraction of sp³-hybridized carbons (Fsp3) is 0.250. The normalized spacial score (nSPS) is 11.5. The lowest BCUT2D eigenvalue weighted by Gasteiger charge is -2.10. The van der Waals surface area contributed by atoms with E-state index in [9.17, 15) is 17.9 Å². The first-order valence-corrected chi connectivity index (χ1v) is 6.78. The highest BCUT2D eigenvalue weighted by atomic mass is 35.7. The number of rotatable bonds is 3. The minimum Gasteiger partial charge on any atom is -0.504 e. The van der Waals surface area contributed by atoms with Crippen molar-refractivity contribution in [2.24, 2.45) is 0 Å². The molecule has 0 unspecified atom stereocenters. The van der Waals surface area contributed by atoms with Gasteiger partial charge in [0.2, 0.25) is 14.9 Å². The first-order chi connectivity index (χ1) is 7.26. The van der Waals surface area contributed by atoms with E-state index in [0.29, 0.717) is 0 Å². The van der Waals surface area contributed by atoms with E-state index in [1.807, 2.05) is 0 Å². The third-order valence-electron chi connectivity index (χ3n) is 1.76. The van der Waals surface area contributed by atoms with E-state index in [4.69, 9.17) is 22.3 Å². The van der Waals surface area contributed by atoms with E-state index in [-0.39, 0.29) is 10.6 Å². The SMILES string of the molecule is COc1c(CS(=O)(=O)Cl)cc(Cl)c(O)c1F. The Balaban J connectivity index is 3.39. The average Bonchev–Trinajstić information content (AvgIpc) is 2.12. The highest BCUT2D eigenvalue weighted by Crippen LogP contribution is 2.37. The molecule has 0 amide bonds. The van der Waals surface area contributed by atoms with Gasteiger partial charge in [0.25, 0.3) is 0 Å². The number of methoxy groups -OCH3 is 1. The van der Waals surface area contributed by atoms with Gasteiger partial charge < -0.3 is 9.84 Å². The molecule has 1 rings (SSSR count). The number of halogens is 3. The Kier molecular flexibility index (Phi) is 3.88. The van der Waals surface area contributed by atoms with E-state index < -0.39 is 32.1 Å². The van der Waals surface area contributed by atoms with Crippen LogP contribution in [0.5, 0.6) is 11.5 Å². The largest absolute Gasteiger partial charge is 0.504 e. The molecule has 0 aliphatic rings. The van der Waals surface area contributed by atoms with Crippen LogP contribution in [0.4, 0.5) is 4.39 Å². The molecule has 16 heavy (non-hydrogen) atoms. The lowest BCUT2D eigenvalue weighted by atomic mass is 10.2. The standard InChI is InChI=1S/C8H7Cl2FO4S/c1-15-8-4(3-16(10,13)14)2-5(9)7(12)6(8)11/h2,12H,3H2,1H3. The molecule has 90 valence electrons. The van der Waals surface area contributed by atoms with Gasteiger partial charge in [0, 0.05) is 16.2 Å². The van der Waals surface area contributed by atoms with Crippen LogP contribution < -0.4 is 4.74 Å². The molecule has 1 aromatic rings. The van der Waals surface area contributed by atoms with Crippen LogP contribution >= 0.6 is 22.3 Å². The summed E-state index contributed by atoms with van der Waals surface area (Å²) in [7, 11) is 2.29. The van der Waals surface area contributed by atoms with Crippen LogP contribution in [0.2, 0.25) is 5.02 Å². The zero-order chi connectivity index (χ0) is 12.5. The quantitative estimate of drug-likeness (QED) is 0.867. The van der Waals surface area contributed by atoms with Crippen molar-refractivity contribution < 1.29 is 22.7 Å². The Morgan fingerprint density at radius 3 is 2.56 bits per heavy atom. The van der Waals surface area contributed by atoms with Gasteiger partial charge in [-0.1, -0.05) is 11.6 Å². The Hall–Kier alpha value is -0.720. The number of benzene rings is 1. The maximum Gasteiger partial charge on any atom is 0.236 e. The van der Waals surface area contributed by atoms with Crippen molar-refractivity contribution in [1.29, 1.82) is 0 Å². The Morgan fingerprint density at radius 1 is 1.56 bits per heavy atom. The third-order valence-corrected chi connectivity index (χ3v) is 3.03. The van der Waals surface area contributed by atoms with Crippen molar-refractivity contribution >= 4 is 31.3 Å². The minimum atomic E-state index is -3.87. The Morgan fingerprint density at radius 2 is 2.12 bits per heavy atom. The summed E-state index contributed by atoms with van der Waals surface area (Å²) in [6.45, 7) is 0. The Labute approximate surface area is 101 Å². The van der Waals surface area contributed by atoms with Gasteiger partial charge in [-0.15, -0.1) is 0 Å². The van der Waals surface area contributed by atoms with Crippen LogP contribution in [-0.4, -0.2) is 20.6 Å². The molecule has 1 aromatic carbocycles. The zero-order valence-corrected chi connectivity index (χ0v) is 10.3. The van der Waals surface area contributed by atoms with Gasteiger partial charge >= 0.3 is 0 Å². The zero-order valence-electron chi connectivity index (χ0n) is 8.00. The fourth-order valence-electron chi connectivity index (χ4n) is 1.15. The summed E-state index contributed by atoms with van der Waals surface area (Å²) in [6, 6.07) is 1.08. The number of phenols is 1. The van der Waals surface area contributed by atoms with Gasteiger partial charge in [0.05, 0.1) is 17.9 Å². The van der Waals surface area contributed by atoms with Gasteiger partial charge in [-0.05, 0) is 6.07 Å².